The molecule has 2 rings (SSSR count). The second-order valence-corrected chi connectivity index (χ2v) is 5.73. The van der Waals surface area contributed by atoms with Gasteiger partial charge in [0.15, 0.2) is 5.13 Å². The summed E-state index contributed by atoms with van der Waals surface area (Å²) in [7, 11) is 0. The first-order valence-electron chi connectivity index (χ1n) is 7.03. The predicted octanol–water partition coefficient (Wildman–Crippen LogP) is 1.21. The molecule has 1 aliphatic heterocycles. The number of likely N-dealkylation sites (N-methyl/N-ethyl adjacent to an activating group) is 1. The first-order valence-corrected chi connectivity index (χ1v) is 7.85. The van der Waals surface area contributed by atoms with Crippen LogP contribution in [0, 0.1) is 0 Å². The lowest BCUT2D eigenvalue weighted by molar-refractivity contribution is -0.122. The molecule has 0 unspecified atom stereocenters. The van der Waals surface area contributed by atoms with Gasteiger partial charge in [0.1, 0.15) is 0 Å². The lowest BCUT2D eigenvalue weighted by atomic mass is 10.2. The Morgan fingerprint density at radius 3 is 2.95 bits per heavy atom. The quantitative estimate of drug-likeness (QED) is 0.854. The molecule has 0 fully saturated rings. The summed E-state index contributed by atoms with van der Waals surface area (Å²) in [5, 5.41) is 5.97. The first kappa shape index (κ1) is 15.7. The number of hydrogen-bond donors (Lipinski definition) is 2. The van der Waals surface area contributed by atoms with Gasteiger partial charge in [-0.3, -0.25) is 15.0 Å². The number of nitrogens with one attached hydrogen (secondary N) is 2. The number of amides is 2. The minimum absolute atomic E-state index is 0.0373. The fourth-order valence-electron chi connectivity index (χ4n) is 2.15. The molecule has 0 radical (unpaired) electrons. The summed E-state index contributed by atoms with van der Waals surface area (Å²) in [6.45, 7) is 6.52. The Kier molecular flexibility index (Phi) is 5.51. The van der Waals surface area contributed by atoms with Gasteiger partial charge >= 0.3 is 6.09 Å². The van der Waals surface area contributed by atoms with Crippen LogP contribution in [0.1, 0.15) is 24.4 Å². The van der Waals surface area contributed by atoms with E-state index in [9.17, 15) is 9.59 Å². The average molecular weight is 312 g/mol. The van der Waals surface area contributed by atoms with Crippen LogP contribution in [0.25, 0.3) is 0 Å². The second-order valence-electron chi connectivity index (χ2n) is 4.65. The molecule has 1 aliphatic rings. The zero-order valence-corrected chi connectivity index (χ0v) is 13.1. The van der Waals surface area contributed by atoms with Crippen molar-refractivity contribution >= 4 is 28.5 Å². The number of fused-ring (bicyclic) bond motifs is 1. The van der Waals surface area contributed by atoms with Gasteiger partial charge in [0.2, 0.25) is 5.91 Å². The van der Waals surface area contributed by atoms with Crippen LogP contribution >= 0.6 is 11.3 Å². The van der Waals surface area contributed by atoms with Gasteiger partial charge in [-0.25, -0.2) is 9.78 Å². The molecule has 7 nitrogen and oxygen atoms in total. The Labute approximate surface area is 127 Å². The fraction of sp³-hybridized carbons (Fsp3) is 0.615. The summed E-state index contributed by atoms with van der Waals surface area (Å²) in [6.07, 6.45) is 0.304. The molecule has 8 heteroatoms. The van der Waals surface area contributed by atoms with Gasteiger partial charge < -0.3 is 10.1 Å². The van der Waals surface area contributed by atoms with Gasteiger partial charge in [-0.1, -0.05) is 11.3 Å². The minimum atomic E-state index is -0.484. The summed E-state index contributed by atoms with van der Waals surface area (Å²) < 4.78 is 4.83. The normalized spacial score (nSPS) is 14.4. The Morgan fingerprint density at radius 1 is 1.43 bits per heavy atom. The zero-order chi connectivity index (χ0) is 15.2. The molecular weight excluding hydrogens is 292 g/mol. The number of rotatable bonds is 5. The van der Waals surface area contributed by atoms with E-state index in [4.69, 9.17) is 4.74 Å². The molecule has 0 aromatic carbocycles. The molecule has 21 heavy (non-hydrogen) atoms. The minimum Gasteiger partial charge on any atom is -0.450 e. The Bertz CT molecular complexity index is 518. The zero-order valence-electron chi connectivity index (χ0n) is 12.3. The number of hydrogen-bond acceptors (Lipinski definition) is 6. The molecule has 2 heterocycles. The van der Waals surface area contributed by atoms with Crippen molar-refractivity contribution in [1.29, 1.82) is 0 Å². The third-order valence-electron chi connectivity index (χ3n) is 3.04. The van der Waals surface area contributed by atoms with Crippen molar-refractivity contribution in [3.05, 3.63) is 10.6 Å². The number of ether oxygens (including phenoxy) is 1. The molecule has 2 N–H and O–H groups in total. The third kappa shape index (κ3) is 4.40. The van der Waals surface area contributed by atoms with Crippen molar-refractivity contribution in [2.45, 2.75) is 26.8 Å². The van der Waals surface area contributed by atoms with Gasteiger partial charge in [-0.2, -0.15) is 0 Å². The van der Waals surface area contributed by atoms with Crippen LogP contribution in [0.3, 0.4) is 0 Å². The highest BCUT2D eigenvalue weighted by Crippen LogP contribution is 2.28. The van der Waals surface area contributed by atoms with E-state index in [-0.39, 0.29) is 5.91 Å². The predicted molar refractivity (Wildman–Crippen MR) is 80.4 cm³/mol. The highest BCUT2D eigenvalue weighted by molar-refractivity contribution is 7.15. The van der Waals surface area contributed by atoms with Crippen LogP contribution in [-0.4, -0.2) is 48.1 Å². The van der Waals surface area contributed by atoms with E-state index in [0.29, 0.717) is 31.4 Å². The summed E-state index contributed by atoms with van der Waals surface area (Å²) in [6, 6.07) is 0. The molecule has 1 aromatic heterocycles. The maximum Gasteiger partial charge on any atom is 0.413 e. The monoisotopic (exact) mass is 312 g/mol. The highest BCUT2D eigenvalue weighted by atomic mass is 32.1. The van der Waals surface area contributed by atoms with Gasteiger partial charge in [0.25, 0.3) is 0 Å². The van der Waals surface area contributed by atoms with Gasteiger partial charge in [-0.15, -0.1) is 0 Å². The van der Waals surface area contributed by atoms with E-state index in [2.05, 4.69) is 20.5 Å². The summed E-state index contributed by atoms with van der Waals surface area (Å²) >= 11 is 1.44. The first-order chi connectivity index (χ1) is 10.1. The maximum atomic E-state index is 11.6. The van der Waals surface area contributed by atoms with Crippen molar-refractivity contribution < 1.29 is 14.3 Å². The lowest BCUT2D eigenvalue weighted by Gasteiger charge is -2.24. The van der Waals surface area contributed by atoms with E-state index >= 15 is 0 Å². The SMILES string of the molecule is CCNC(=O)CN1CCc2nc(NC(=O)OCC)sc2C1. The Balaban J connectivity index is 1.93. The van der Waals surface area contributed by atoms with Crippen LogP contribution in [0.5, 0.6) is 0 Å². The summed E-state index contributed by atoms with van der Waals surface area (Å²) in [4.78, 5) is 30.6. The van der Waals surface area contributed by atoms with Gasteiger partial charge in [0.05, 0.1) is 18.8 Å². The third-order valence-corrected chi connectivity index (χ3v) is 4.03. The molecule has 0 atom stereocenters. The maximum absolute atomic E-state index is 11.6. The Hall–Kier alpha value is -1.67. The van der Waals surface area contributed by atoms with Crippen LogP contribution in [0.15, 0.2) is 0 Å². The smallest absolute Gasteiger partial charge is 0.413 e. The van der Waals surface area contributed by atoms with Gasteiger partial charge in [0, 0.05) is 30.9 Å². The standard InChI is InChI=1S/C13H20N4O3S/c1-3-14-11(18)8-17-6-5-9-10(7-17)21-12(15-9)16-13(19)20-4-2/h3-8H2,1-2H3,(H,14,18)(H,15,16,19). The molecule has 0 saturated heterocycles. The molecule has 2 amide bonds. The lowest BCUT2D eigenvalue weighted by Crippen LogP contribution is -2.39. The fourth-order valence-corrected chi connectivity index (χ4v) is 3.18. The number of carbonyl (C=O) groups is 2. The molecule has 0 bridgehead atoms. The van der Waals surface area contributed by atoms with Crippen molar-refractivity contribution in [3.8, 4) is 0 Å². The number of carbonyl (C=O) groups excluding carboxylic acids is 2. The molecule has 1 aromatic rings. The number of anilines is 1. The summed E-state index contributed by atoms with van der Waals surface area (Å²) in [5.74, 6) is 0.0373. The molecule has 0 spiro atoms. The second kappa shape index (κ2) is 7.37. The van der Waals surface area contributed by atoms with Crippen LogP contribution in [0.2, 0.25) is 0 Å². The van der Waals surface area contributed by atoms with E-state index in [1.54, 1.807) is 6.92 Å². The van der Waals surface area contributed by atoms with Crippen LogP contribution in [0.4, 0.5) is 9.93 Å². The Morgan fingerprint density at radius 2 is 2.24 bits per heavy atom. The summed E-state index contributed by atoms with van der Waals surface area (Å²) in [5.41, 5.74) is 0.999. The van der Waals surface area contributed by atoms with Crippen molar-refractivity contribution in [3.63, 3.8) is 0 Å². The molecular formula is C13H20N4O3S. The number of nitrogens with zero attached hydrogens (tertiary/aromatic N) is 2. The molecule has 116 valence electrons. The average Bonchev–Trinajstić information content (AvgIpc) is 2.80. The highest BCUT2D eigenvalue weighted by Gasteiger charge is 2.22. The van der Waals surface area contributed by atoms with E-state index in [1.807, 2.05) is 6.92 Å². The number of thiazole rings is 1. The largest absolute Gasteiger partial charge is 0.450 e. The number of aromatic nitrogens is 1. The van der Waals surface area contributed by atoms with Crippen molar-refractivity contribution in [2.24, 2.45) is 0 Å². The van der Waals surface area contributed by atoms with E-state index in [0.717, 1.165) is 23.5 Å². The van der Waals surface area contributed by atoms with Crippen molar-refractivity contribution in [1.82, 2.24) is 15.2 Å². The van der Waals surface area contributed by atoms with Crippen molar-refractivity contribution in [2.75, 3.05) is 31.6 Å². The molecule has 0 aliphatic carbocycles. The van der Waals surface area contributed by atoms with E-state index < -0.39 is 6.09 Å². The molecule has 0 saturated carbocycles. The van der Waals surface area contributed by atoms with Crippen LogP contribution < -0.4 is 10.6 Å². The van der Waals surface area contributed by atoms with Crippen LogP contribution in [-0.2, 0) is 22.5 Å². The topological polar surface area (TPSA) is 83.6 Å². The van der Waals surface area contributed by atoms with E-state index in [1.165, 1.54) is 11.3 Å². The van der Waals surface area contributed by atoms with Gasteiger partial charge in [-0.05, 0) is 13.8 Å².